The van der Waals surface area contributed by atoms with Gasteiger partial charge in [0.05, 0.1) is 5.56 Å². The van der Waals surface area contributed by atoms with Crippen molar-refractivity contribution in [2.75, 3.05) is 0 Å². The molecule has 2 rings (SSSR count). The largest absolute Gasteiger partial charge is 0.294 e. The van der Waals surface area contributed by atoms with Crippen molar-refractivity contribution in [3.05, 3.63) is 35.4 Å². The van der Waals surface area contributed by atoms with Crippen LogP contribution in [0.15, 0.2) is 18.2 Å². The highest BCUT2D eigenvalue weighted by atomic mass is 19.1. The van der Waals surface area contributed by atoms with Crippen LogP contribution in [0.5, 0.6) is 0 Å². The van der Waals surface area contributed by atoms with Gasteiger partial charge in [-0.15, -0.1) is 0 Å². The predicted molar refractivity (Wildman–Crippen MR) is 57.2 cm³/mol. The maximum atomic E-state index is 13.4. The van der Waals surface area contributed by atoms with Gasteiger partial charge in [0.1, 0.15) is 11.6 Å². The second-order valence-electron chi connectivity index (χ2n) is 4.60. The van der Waals surface area contributed by atoms with Crippen molar-refractivity contribution in [1.82, 2.24) is 0 Å². The highest BCUT2D eigenvalue weighted by molar-refractivity contribution is 5.98. The Hall–Kier alpha value is -1.25. The first-order chi connectivity index (χ1) is 7.58. The van der Waals surface area contributed by atoms with Gasteiger partial charge < -0.3 is 0 Å². The van der Waals surface area contributed by atoms with Crippen molar-refractivity contribution in [1.29, 1.82) is 0 Å². The Morgan fingerprint density at radius 2 is 2.06 bits per heavy atom. The summed E-state index contributed by atoms with van der Waals surface area (Å²) in [5.41, 5.74) is -0.0981. The minimum absolute atomic E-state index is 0.0981. The molecular weight excluding hydrogens is 210 g/mol. The molecule has 16 heavy (non-hydrogen) atoms. The van der Waals surface area contributed by atoms with Gasteiger partial charge in [0.15, 0.2) is 5.78 Å². The summed E-state index contributed by atoms with van der Waals surface area (Å²) in [6.07, 6.45) is 2.57. The molecule has 3 heteroatoms. The SMILES string of the molecule is CC1CCC(C(=O)c2cc(F)ccc2F)C1. The van der Waals surface area contributed by atoms with E-state index in [-0.39, 0.29) is 17.3 Å². The van der Waals surface area contributed by atoms with E-state index in [0.717, 1.165) is 37.5 Å². The first kappa shape index (κ1) is 11.2. The topological polar surface area (TPSA) is 17.1 Å². The van der Waals surface area contributed by atoms with Gasteiger partial charge in [-0.1, -0.05) is 6.92 Å². The highest BCUT2D eigenvalue weighted by Crippen LogP contribution is 2.33. The fraction of sp³-hybridized carbons (Fsp3) is 0.462. The van der Waals surface area contributed by atoms with Gasteiger partial charge in [0.25, 0.3) is 0 Å². The summed E-state index contributed by atoms with van der Waals surface area (Å²) in [4.78, 5) is 12.0. The van der Waals surface area contributed by atoms with E-state index in [1.807, 2.05) is 0 Å². The van der Waals surface area contributed by atoms with Crippen LogP contribution in [-0.4, -0.2) is 5.78 Å². The van der Waals surface area contributed by atoms with Crippen molar-refractivity contribution in [2.45, 2.75) is 26.2 Å². The average molecular weight is 224 g/mol. The van der Waals surface area contributed by atoms with E-state index in [1.165, 1.54) is 0 Å². The minimum atomic E-state index is -0.619. The molecule has 2 unspecified atom stereocenters. The van der Waals surface area contributed by atoms with Crippen molar-refractivity contribution < 1.29 is 13.6 Å². The van der Waals surface area contributed by atoms with Gasteiger partial charge in [-0.2, -0.15) is 0 Å². The van der Waals surface area contributed by atoms with Gasteiger partial charge in [-0.3, -0.25) is 4.79 Å². The number of hydrogen-bond acceptors (Lipinski definition) is 1. The summed E-state index contributed by atoms with van der Waals surface area (Å²) in [6.45, 7) is 2.08. The van der Waals surface area contributed by atoms with Crippen LogP contribution in [0.25, 0.3) is 0 Å². The fourth-order valence-electron chi connectivity index (χ4n) is 2.35. The fourth-order valence-corrected chi connectivity index (χ4v) is 2.35. The van der Waals surface area contributed by atoms with Gasteiger partial charge in [-0.25, -0.2) is 8.78 Å². The Morgan fingerprint density at radius 1 is 1.31 bits per heavy atom. The normalized spacial score (nSPS) is 24.7. The van der Waals surface area contributed by atoms with Crippen molar-refractivity contribution in [3.63, 3.8) is 0 Å². The average Bonchev–Trinajstić information content (AvgIpc) is 2.67. The summed E-state index contributed by atoms with van der Waals surface area (Å²) >= 11 is 0. The molecule has 0 heterocycles. The number of carbonyl (C=O) groups is 1. The van der Waals surface area contributed by atoms with E-state index in [0.29, 0.717) is 5.92 Å². The lowest BCUT2D eigenvalue weighted by Gasteiger charge is -2.09. The van der Waals surface area contributed by atoms with Gasteiger partial charge in [0, 0.05) is 5.92 Å². The predicted octanol–water partition coefficient (Wildman–Crippen LogP) is 3.58. The van der Waals surface area contributed by atoms with E-state index in [4.69, 9.17) is 0 Å². The van der Waals surface area contributed by atoms with Crippen LogP contribution in [-0.2, 0) is 0 Å². The molecule has 2 atom stereocenters. The Morgan fingerprint density at radius 3 is 2.69 bits per heavy atom. The molecule has 0 aromatic heterocycles. The molecule has 0 saturated heterocycles. The van der Waals surface area contributed by atoms with Gasteiger partial charge in [-0.05, 0) is 43.4 Å². The van der Waals surface area contributed by atoms with Crippen LogP contribution in [0.4, 0.5) is 8.78 Å². The standard InChI is InChI=1S/C13H14F2O/c1-8-2-3-9(6-8)13(16)11-7-10(14)4-5-12(11)15/h4-5,7-9H,2-3,6H2,1H3. The molecule has 1 saturated carbocycles. The van der Waals surface area contributed by atoms with E-state index in [1.54, 1.807) is 0 Å². The molecule has 1 fully saturated rings. The van der Waals surface area contributed by atoms with Crippen molar-refractivity contribution in [2.24, 2.45) is 11.8 Å². The van der Waals surface area contributed by atoms with Crippen molar-refractivity contribution >= 4 is 5.78 Å². The Bertz CT molecular complexity index is 414. The summed E-state index contributed by atoms with van der Waals surface area (Å²) in [5, 5.41) is 0. The Balaban J connectivity index is 2.23. The summed E-state index contributed by atoms with van der Waals surface area (Å²) in [7, 11) is 0. The summed E-state index contributed by atoms with van der Waals surface area (Å²) in [6, 6.07) is 3.05. The molecule has 0 amide bonds. The lowest BCUT2D eigenvalue weighted by Crippen LogP contribution is -2.13. The van der Waals surface area contributed by atoms with Crippen LogP contribution in [0.1, 0.15) is 36.5 Å². The molecule has 86 valence electrons. The lowest BCUT2D eigenvalue weighted by molar-refractivity contribution is 0.0916. The molecule has 0 N–H and O–H groups in total. The zero-order valence-corrected chi connectivity index (χ0v) is 9.17. The number of hydrogen-bond donors (Lipinski definition) is 0. The third-order valence-corrected chi connectivity index (χ3v) is 3.26. The highest BCUT2D eigenvalue weighted by Gasteiger charge is 2.29. The third kappa shape index (κ3) is 2.13. The maximum absolute atomic E-state index is 13.4. The van der Waals surface area contributed by atoms with E-state index < -0.39 is 11.6 Å². The van der Waals surface area contributed by atoms with Crippen LogP contribution >= 0.6 is 0 Å². The zero-order chi connectivity index (χ0) is 11.7. The van der Waals surface area contributed by atoms with Gasteiger partial charge in [0.2, 0.25) is 0 Å². The molecule has 0 spiro atoms. The minimum Gasteiger partial charge on any atom is -0.294 e. The summed E-state index contributed by atoms with van der Waals surface area (Å²) in [5.74, 6) is -1.06. The molecule has 0 radical (unpaired) electrons. The lowest BCUT2D eigenvalue weighted by atomic mass is 9.95. The number of ketones is 1. The molecule has 1 aliphatic carbocycles. The number of benzene rings is 1. The molecule has 1 aromatic carbocycles. The summed E-state index contributed by atoms with van der Waals surface area (Å²) < 4.78 is 26.3. The van der Waals surface area contributed by atoms with E-state index in [9.17, 15) is 13.6 Å². The van der Waals surface area contributed by atoms with E-state index in [2.05, 4.69) is 6.92 Å². The first-order valence-corrected chi connectivity index (χ1v) is 5.57. The Labute approximate surface area is 93.5 Å². The number of Topliss-reactive ketones (excluding diaryl/α,β-unsaturated/α-hetero) is 1. The number of halogens is 2. The molecule has 1 nitrogen and oxygen atoms in total. The van der Waals surface area contributed by atoms with Crippen LogP contribution in [0.3, 0.4) is 0 Å². The quantitative estimate of drug-likeness (QED) is 0.702. The zero-order valence-electron chi connectivity index (χ0n) is 9.17. The monoisotopic (exact) mass is 224 g/mol. The molecule has 1 aromatic rings. The number of rotatable bonds is 2. The second kappa shape index (κ2) is 4.32. The molecule has 0 bridgehead atoms. The second-order valence-corrected chi connectivity index (χ2v) is 4.60. The van der Waals surface area contributed by atoms with Gasteiger partial charge >= 0.3 is 0 Å². The molecular formula is C13H14F2O. The van der Waals surface area contributed by atoms with E-state index >= 15 is 0 Å². The van der Waals surface area contributed by atoms with Crippen LogP contribution in [0, 0.1) is 23.5 Å². The number of carbonyl (C=O) groups excluding carboxylic acids is 1. The molecule has 1 aliphatic rings. The van der Waals surface area contributed by atoms with Crippen LogP contribution < -0.4 is 0 Å². The smallest absolute Gasteiger partial charge is 0.168 e. The first-order valence-electron chi connectivity index (χ1n) is 5.57. The maximum Gasteiger partial charge on any atom is 0.168 e. The Kier molecular flexibility index (Phi) is 3.03. The molecule has 0 aliphatic heterocycles. The van der Waals surface area contributed by atoms with Crippen molar-refractivity contribution in [3.8, 4) is 0 Å². The van der Waals surface area contributed by atoms with Crippen LogP contribution in [0.2, 0.25) is 0 Å². The third-order valence-electron chi connectivity index (χ3n) is 3.26.